The van der Waals surface area contributed by atoms with Crippen LogP contribution in [0.2, 0.25) is 0 Å². The highest BCUT2D eigenvalue weighted by Gasteiger charge is 2.18. The minimum Gasteiger partial charge on any atom is -0.352 e. The van der Waals surface area contributed by atoms with Crippen LogP contribution < -0.4 is 15.4 Å². The van der Waals surface area contributed by atoms with Crippen molar-refractivity contribution in [3.63, 3.8) is 0 Å². The van der Waals surface area contributed by atoms with Crippen LogP contribution in [0.1, 0.15) is 36.7 Å². The first kappa shape index (κ1) is 21.4. The number of carbonyl (C=O) groups is 2. The topological polar surface area (TPSA) is 104 Å². The van der Waals surface area contributed by atoms with Crippen LogP contribution in [-0.2, 0) is 14.8 Å². The Kier molecular flexibility index (Phi) is 6.80. The largest absolute Gasteiger partial charge is 0.352 e. The molecule has 0 heterocycles. The lowest BCUT2D eigenvalue weighted by Gasteiger charge is -2.13. The normalized spacial score (nSPS) is 11.2. The highest BCUT2D eigenvalue weighted by Crippen LogP contribution is 2.21. The molecule has 0 aliphatic carbocycles. The van der Waals surface area contributed by atoms with Crippen LogP contribution in [0.5, 0.6) is 0 Å². The second-order valence-electron chi connectivity index (χ2n) is 6.95. The number of rotatable bonds is 7. The van der Waals surface area contributed by atoms with Crippen molar-refractivity contribution in [3.8, 4) is 0 Å². The summed E-state index contributed by atoms with van der Waals surface area (Å²) in [7, 11) is -3.91. The molecule has 2 aromatic rings. The standard InChI is InChI=1S/C20H25N3O4S/c1-13(2)12-21-20(25)19-11-18(9-8-14(19)3)28(26,27)23-17-7-5-6-16(10-17)22-15(4)24/h5-11,13,23H,12H2,1-4H3,(H,21,25)(H,22,24). The molecule has 0 saturated heterocycles. The predicted molar refractivity (Wildman–Crippen MR) is 110 cm³/mol. The molecule has 150 valence electrons. The Hall–Kier alpha value is -2.87. The lowest BCUT2D eigenvalue weighted by molar-refractivity contribution is -0.114. The lowest BCUT2D eigenvalue weighted by Crippen LogP contribution is -2.28. The van der Waals surface area contributed by atoms with E-state index in [1.165, 1.54) is 25.1 Å². The van der Waals surface area contributed by atoms with Crippen LogP contribution in [0.15, 0.2) is 47.4 Å². The summed E-state index contributed by atoms with van der Waals surface area (Å²) in [5.41, 5.74) is 1.78. The van der Waals surface area contributed by atoms with Crippen molar-refractivity contribution < 1.29 is 18.0 Å². The van der Waals surface area contributed by atoms with E-state index < -0.39 is 10.0 Å². The zero-order valence-corrected chi connectivity index (χ0v) is 17.2. The monoisotopic (exact) mass is 403 g/mol. The van der Waals surface area contributed by atoms with Crippen LogP contribution in [0, 0.1) is 12.8 Å². The Bertz CT molecular complexity index is 985. The molecular weight excluding hydrogens is 378 g/mol. The van der Waals surface area contributed by atoms with E-state index in [1.54, 1.807) is 31.2 Å². The minimum atomic E-state index is -3.91. The summed E-state index contributed by atoms with van der Waals surface area (Å²) in [6, 6.07) is 10.8. The van der Waals surface area contributed by atoms with E-state index in [4.69, 9.17) is 0 Å². The fourth-order valence-corrected chi connectivity index (χ4v) is 3.56. The van der Waals surface area contributed by atoms with Crippen molar-refractivity contribution in [2.75, 3.05) is 16.6 Å². The summed E-state index contributed by atoms with van der Waals surface area (Å²) in [5, 5.41) is 5.40. The van der Waals surface area contributed by atoms with E-state index in [9.17, 15) is 18.0 Å². The second kappa shape index (κ2) is 8.88. The summed E-state index contributed by atoms with van der Waals surface area (Å²) < 4.78 is 28.0. The van der Waals surface area contributed by atoms with Gasteiger partial charge in [-0.15, -0.1) is 0 Å². The van der Waals surface area contributed by atoms with E-state index in [1.807, 2.05) is 13.8 Å². The maximum Gasteiger partial charge on any atom is 0.261 e. The van der Waals surface area contributed by atoms with E-state index in [2.05, 4.69) is 15.4 Å². The van der Waals surface area contributed by atoms with Gasteiger partial charge in [-0.1, -0.05) is 26.0 Å². The lowest BCUT2D eigenvalue weighted by atomic mass is 10.1. The number of benzene rings is 2. The van der Waals surface area contributed by atoms with Gasteiger partial charge in [0.15, 0.2) is 0 Å². The van der Waals surface area contributed by atoms with Crippen LogP contribution in [0.25, 0.3) is 0 Å². The fraction of sp³-hybridized carbons (Fsp3) is 0.300. The van der Waals surface area contributed by atoms with Gasteiger partial charge in [-0.3, -0.25) is 14.3 Å². The van der Waals surface area contributed by atoms with Gasteiger partial charge in [0.05, 0.1) is 10.6 Å². The molecule has 0 atom stereocenters. The fourth-order valence-electron chi connectivity index (χ4n) is 2.48. The van der Waals surface area contributed by atoms with Crippen LogP contribution in [0.3, 0.4) is 0 Å². The molecule has 0 bridgehead atoms. The summed E-state index contributed by atoms with van der Waals surface area (Å²) in [4.78, 5) is 23.5. The number of anilines is 2. The molecule has 0 fully saturated rings. The number of amides is 2. The molecule has 0 radical (unpaired) electrons. The first-order valence-corrected chi connectivity index (χ1v) is 10.4. The molecular formula is C20H25N3O4S. The van der Waals surface area contributed by atoms with Gasteiger partial charge in [0.2, 0.25) is 5.91 Å². The van der Waals surface area contributed by atoms with E-state index in [0.717, 1.165) is 0 Å². The smallest absolute Gasteiger partial charge is 0.261 e. The van der Waals surface area contributed by atoms with Crippen molar-refractivity contribution in [2.45, 2.75) is 32.6 Å². The molecule has 0 aliphatic heterocycles. The molecule has 0 saturated carbocycles. The van der Waals surface area contributed by atoms with Crippen molar-refractivity contribution in [3.05, 3.63) is 53.6 Å². The Labute approximate surface area is 165 Å². The molecule has 2 amide bonds. The van der Waals surface area contributed by atoms with Gasteiger partial charge in [0.1, 0.15) is 0 Å². The van der Waals surface area contributed by atoms with Gasteiger partial charge < -0.3 is 10.6 Å². The second-order valence-corrected chi connectivity index (χ2v) is 8.63. The molecule has 3 N–H and O–H groups in total. The zero-order valence-electron chi connectivity index (χ0n) is 16.4. The van der Waals surface area contributed by atoms with Crippen molar-refractivity contribution in [1.82, 2.24) is 5.32 Å². The molecule has 2 rings (SSSR count). The molecule has 7 nitrogen and oxygen atoms in total. The molecule has 28 heavy (non-hydrogen) atoms. The maximum atomic E-state index is 12.8. The number of hydrogen-bond acceptors (Lipinski definition) is 4. The van der Waals surface area contributed by atoms with Crippen LogP contribution in [-0.4, -0.2) is 26.8 Å². The molecule has 2 aromatic carbocycles. The highest BCUT2D eigenvalue weighted by atomic mass is 32.2. The van der Waals surface area contributed by atoms with E-state index in [0.29, 0.717) is 29.0 Å². The average molecular weight is 404 g/mol. The zero-order chi connectivity index (χ0) is 20.9. The van der Waals surface area contributed by atoms with Gasteiger partial charge in [-0.05, 0) is 48.7 Å². The predicted octanol–water partition coefficient (Wildman–Crippen LogP) is 3.14. The van der Waals surface area contributed by atoms with Crippen molar-refractivity contribution >= 4 is 33.2 Å². The van der Waals surface area contributed by atoms with E-state index in [-0.39, 0.29) is 22.6 Å². The summed E-state index contributed by atoms with van der Waals surface area (Å²) in [5.74, 6) is -0.278. The Morgan fingerprint density at radius 3 is 2.36 bits per heavy atom. The maximum absolute atomic E-state index is 12.8. The first-order chi connectivity index (χ1) is 13.1. The van der Waals surface area contributed by atoms with E-state index >= 15 is 0 Å². The average Bonchev–Trinajstić information content (AvgIpc) is 2.59. The summed E-state index contributed by atoms with van der Waals surface area (Å²) in [6.07, 6.45) is 0. The summed E-state index contributed by atoms with van der Waals surface area (Å²) in [6.45, 7) is 7.59. The van der Waals surface area contributed by atoms with Crippen LogP contribution in [0.4, 0.5) is 11.4 Å². The molecule has 0 aliphatic rings. The van der Waals surface area contributed by atoms with Gasteiger partial charge in [0.25, 0.3) is 15.9 Å². The van der Waals surface area contributed by atoms with Crippen LogP contribution >= 0.6 is 0 Å². The third-order valence-electron chi connectivity index (χ3n) is 3.87. The Morgan fingerprint density at radius 1 is 1.04 bits per heavy atom. The van der Waals surface area contributed by atoms with Gasteiger partial charge in [-0.2, -0.15) is 0 Å². The Balaban J connectivity index is 2.27. The van der Waals surface area contributed by atoms with Gasteiger partial charge in [-0.25, -0.2) is 8.42 Å². The number of aryl methyl sites for hydroxylation is 1. The van der Waals surface area contributed by atoms with Crippen molar-refractivity contribution in [2.24, 2.45) is 5.92 Å². The quantitative estimate of drug-likeness (QED) is 0.660. The number of sulfonamides is 1. The highest BCUT2D eigenvalue weighted by molar-refractivity contribution is 7.92. The first-order valence-electron chi connectivity index (χ1n) is 8.88. The molecule has 0 unspecified atom stereocenters. The Morgan fingerprint density at radius 2 is 1.71 bits per heavy atom. The third-order valence-corrected chi connectivity index (χ3v) is 5.25. The summed E-state index contributed by atoms with van der Waals surface area (Å²) >= 11 is 0. The van der Waals surface area contributed by atoms with Gasteiger partial charge >= 0.3 is 0 Å². The third kappa shape index (κ3) is 5.82. The molecule has 0 spiro atoms. The van der Waals surface area contributed by atoms with Gasteiger partial charge in [0, 0.05) is 24.7 Å². The number of hydrogen-bond donors (Lipinski definition) is 3. The molecule has 0 aromatic heterocycles. The number of carbonyl (C=O) groups excluding carboxylic acids is 2. The van der Waals surface area contributed by atoms with Crippen molar-refractivity contribution in [1.29, 1.82) is 0 Å². The molecule has 8 heteroatoms. The number of nitrogens with one attached hydrogen (secondary N) is 3. The minimum absolute atomic E-state index is 0.0160. The SMILES string of the molecule is CC(=O)Nc1cccc(NS(=O)(=O)c2ccc(C)c(C(=O)NCC(C)C)c2)c1.